The average molecular weight is 250 g/mol. The lowest BCUT2D eigenvalue weighted by Crippen LogP contribution is -2.57. The molecule has 0 spiro atoms. The van der Waals surface area contributed by atoms with Crippen molar-refractivity contribution in [2.45, 2.75) is 11.5 Å². The van der Waals surface area contributed by atoms with Gasteiger partial charge in [-0.1, -0.05) is 6.07 Å². The lowest BCUT2D eigenvalue weighted by Gasteiger charge is -2.45. The molecule has 1 aromatic carbocycles. The number of rotatable bonds is 3. The van der Waals surface area contributed by atoms with Crippen LogP contribution < -0.4 is 11.5 Å². The molecule has 2 heterocycles. The number of aromatic nitrogens is 1. The van der Waals surface area contributed by atoms with Crippen molar-refractivity contribution in [2.75, 3.05) is 19.8 Å². The van der Waals surface area contributed by atoms with Gasteiger partial charge in [0.25, 0.3) is 0 Å². The second-order valence-electron chi connectivity index (χ2n) is 4.63. The molecule has 1 aliphatic rings. The first-order valence-electron chi connectivity index (χ1n) is 5.75. The molecule has 96 valence electrons. The fourth-order valence-corrected chi connectivity index (χ4v) is 2.36. The van der Waals surface area contributed by atoms with Crippen LogP contribution in [0.4, 0.5) is 0 Å². The highest BCUT2D eigenvalue weighted by Gasteiger charge is 2.46. The van der Waals surface area contributed by atoms with Crippen LogP contribution >= 0.6 is 0 Å². The molecule has 2 aromatic rings. The summed E-state index contributed by atoms with van der Waals surface area (Å²) in [7, 11) is 0. The average Bonchev–Trinajstić information content (AvgIpc) is 2.66. The van der Waals surface area contributed by atoms with Crippen molar-refractivity contribution in [3.63, 3.8) is 0 Å². The maximum atomic E-state index is 11.1. The highest BCUT2D eigenvalue weighted by atomic mass is 16.5. The summed E-state index contributed by atoms with van der Waals surface area (Å²) in [6.45, 7) is 1.03. The van der Waals surface area contributed by atoms with Gasteiger partial charge in [-0.05, 0) is 17.7 Å². The van der Waals surface area contributed by atoms with Crippen molar-refractivity contribution in [1.29, 1.82) is 0 Å². The van der Waals surface area contributed by atoms with Crippen LogP contribution in [0.5, 0.6) is 0 Å². The number of H-pyrrole nitrogens is 1. The van der Waals surface area contributed by atoms with E-state index in [1.807, 2.05) is 12.1 Å². The molecule has 0 bridgehead atoms. The van der Waals surface area contributed by atoms with Gasteiger partial charge in [-0.15, -0.1) is 0 Å². The molecule has 1 aliphatic heterocycles. The fraction of sp³-hybridized carbons (Fsp3) is 0.417. The van der Waals surface area contributed by atoms with Gasteiger partial charge in [0.1, 0.15) is 0 Å². The van der Waals surface area contributed by atoms with Gasteiger partial charge in [0.05, 0.1) is 30.2 Å². The Morgan fingerprint density at radius 1 is 1.50 bits per heavy atom. The first-order chi connectivity index (χ1) is 8.65. The van der Waals surface area contributed by atoms with Gasteiger partial charge >= 0.3 is 5.76 Å². The number of oxazole rings is 1. The summed E-state index contributed by atoms with van der Waals surface area (Å²) in [4.78, 5) is 13.7. The lowest BCUT2D eigenvalue weighted by atomic mass is 9.74. The normalized spacial score (nSPS) is 19.7. The van der Waals surface area contributed by atoms with Crippen LogP contribution in [0.2, 0.25) is 0 Å². The van der Waals surface area contributed by atoms with Crippen LogP contribution in [-0.4, -0.2) is 36.0 Å². The van der Waals surface area contributed by atoms with E-state index >= 15 is 0 Å². The molecule has 0 radical (unpaired) electrons. The Morgan fingerprint density at radius 2 is 2.28 bits per heavy atom. The van der Waals surface area contributed by atoms with Gasteiger partial charge in [-0.2, -0.15) is 0 Å². The molecule has 1 fully saturated rings. The number of nitrogens with one attached hydrogen (secondary N) is 1. The zero-order valence-electron chi connectivity index (χ0n) is 9.68. The van der Waals surface area contributed by atoms with E-state index in [9.17, 15) is 9.90 Å². The molecular formula is C12H14N2O4. The van der Waals surface area contributed by atoms with E-state index in [1.54, 1.807) is 6.07 Å². The highest BCUT2D eigenvalue weighted by Crippen LogP contribution is 2.36. The van der Waals surface area contributed by atoms with Crippen molar-refractivity contribution < 1.29 is 14.3 Å². The minimum Gasteiger partial charge on any atom is -0.408 e. The van der Waals surface area contributed by atoms with Gasteiger partial charge in [0, 0.05) is 6.54 Å². The largest absolute Gasteiger partial charge is 0.417 e. The third-order valence-electron chi connectivity index (χ3n) is 3.57. The number of aliphatic hydroxyl groups is 1. The zero-order valence-corrected chi connectivity index (χ0v) is 9.68. The molecule has 0 aliphatic carbocycles. The van der Waals surface area contributed by atoms with Gasteiger partial charge in [-0.3, -0.25) is 4.98 Å². The fourth-order valence-electron chi connectivity index (χ4n) is 2.36. The van der Waals surface area contributed by atoms with Crippen LogP contribution in [0.25, 0.3) is 11.1 Å². The number of benzene rings is 1. The highest BCUT2D eigenvalue weighted by molar-refractivity contribution is 5.73. The smallest absolute Gasteiger partial charge is 0.408 e. The third kappa shape index (κ3) is 1.50. The molecule has 6 heteroatoms. The van der Waals surface area contributed by atoms with Gasteiger partial charge in [0.15, 0.2) is 5.58 Å². The molecule has 18 heavy (non-hydrogen) atoms. The number of fused-ring (bicyclic) bond motifs is 1. The van der Waals surface area contributed by atoms with Crippen LogP contribution in [0, 0.1) is 0 Å². The van der Waals surface area contributed by atoms with Crippen molar-refractivity contribution in [3.8, 4) is 0 Å². The monoisotopic (exact) mass is 250 g/mol. The van der Waals surface area contributed by atoms with Gasteiger partial charge in [0.2, 0.25) is 0 Å². The predicted octanol–water partition coefficient (Wildman–Crippen LogP) is -0.291. The van der Waals surface area contributed by atoms with Crippen LogP contribution in [0.15, 0.2) is 27.4 Å². The molecule has 6 nitrogen and oxygen atoms in total. The first kappa shape index (κ1) is 11.5. The number of hydrogen-bond acceptors (Lipinski definition) is 5. The van der Waals surface area contributed by atoms with Crippen LogP contribution in [0.1, 0.15) is 5.56 Å². The van der Waals surface area contributed by atoms with Gasteiger partial charge < -0.3 is 20.0 Å². The lowest BCUT2D eigenvalue weighted by molar-refractivity contribution is -0.116. The van der Waals surface area contributed by atoms with Crippen LogP contribution in [-0.2, 0) is 10.2 Å². The summed E-state index contributed by atoms with van der Waals surface area (Å²) >= 11 is 0. The topological polar surface area (TPSA) is 101 Å². The van der Waals surface area contributed by atoms with E-state index in [0.717, 1.165) is 5.56 Å². The zero-order chi connectivity index (χ0) is 12.8. The first-order valence-corrected chi connectivity index (χ1v) is 5.75. The Kier molecular flexibility index (Phi) is 2.51. The van der Waals surface area contributed by atoms with Crippen molar-refractivity contribution in [2.24, 2.45) is 5.73 Å². The molecule has 1 saturated heterocycles. The third-order valence-corrected chi connectivity index (χ3v) is 3.57. The number of aliphatic hydroxyl groups excluding tert-OH is 1. The molecule has 0 amide bonds. The number of nitrogens with two attached hydrogens (primary N) is 1. The predicted molar refractivity (Wildman–Crippen MR) is 64.4 cm³/mol. The summed E-state index contributed by atoms with van der Waals surface area (Å²) < 4.78 is 10.2. The van der Waals surface area contributed by atoms with E-state index in [-0.39, 0.29) is 6.54 Å². The van der Waals surface area contributed by atoms with E-state index in [1.165, 1.54) is 0 Å². The minimum absolute atomic E-state index is 0.170. The summed E-state index contributed by atoms with van der Waals surface area (Å²) in [5.41, 5.74) is 7.08. The van der Waals surface area contributed by atoms with Crippen molar-refractivity contribution >= 4 is 11.1 Å². The molecule has 4 N–H and O–H groups in total. The number of ether oxygens (including phenoxy) is 1. The molecule has 1 unspecified atom stereocenters. The molecule has 3 rings (SSSR count). The van der Waals surface area contributed by atoms with Crippen LogP contribution in [0.3, 0.4) is 0 Å². The minimum atomic E-state index is -0.665. The van der Waals surface area contributed by atoms with Gasteiger partial charge in [-0.25, -0.2) is 4.79 Å². The molecule has 0 saturated carbocycles. The molecular weight excluding hydrogens is 236 g/mol. The Hall–Kier alpha value is -1.63. The standard InChI is InChI=1S/C12H14N2O4/c13-4-10(15)12(5-17-6-12)7-1-2-9-8(3-7)14-11(16)18-9/h1-3,10,15H,4-6,13H2,(H,14,16). The maximum Gasteiger partial charge on any atom is 0.417 e. The second kappa shape index (κ2) is 3.94. The summed E-state index contributed by atoms with van der Waals surface area (Å²) in [6.07, 6.45) is -0.665. The number of aromatic amines is 1. The summed E-state index contributed by atoms with van der Waals surface area (Å²) in [5, 5.41) is 10.1. The quantitative estimate of drug-likeness (QED) is 0.694. The molecule has 1 aromatic heterocycles. The summed E-state index contributed by atoms with van der Waals surface area (Å²) in [6, 6.07) is 5.36. The van der Waals surface area contributed by atoms with E-state index < -0.39 is 17.3 Å². The van der Waals surface area contributed by atoms with Crippen molar-refractivity contribution in [3.05, 3.63) is 34.3 Å². The second-order valence-corrected chi connectivity index (χ2v) is 4.63. The molecule has 1 atom stereocenters. The van der Waals surface area contributed by atoms with E-state index in [0.29, 0.717) is 24.3 Å². The SMILES string of the molecule is NCC(O)C1(c2ccc3oc(=O)[nH]c3c2)COC1. The van der Waals surface area contributed by atoms with E-state index in [4.69, 9.17) is 14.9 Å². The number of hydrogen-bond donors (Lipinski definition) is 3. The Labute approximate surface area is 102 Å². The van der Waals surface area contributed by atoms with E-state index in [2.05, 4.69) is 4.98 Å². The maximum absolute atomic E-state index is 11.1. The summed E-state index contributed by atoms with van der Waals surface area (Å²) in [5.74, 6) is -0.486. The Bertz CT molecular complexity index is 626. The Morgan fingerprint density at radius 3 is 2.89 bits per heavy atom. The Balaban J connectivity index is 2.09. The van der Waals surface area contributed by atoms with Crippen molar-refractivity contribution in [1.82, 2.24) is 4.98 Å².